The SMILES string of the molecule is CC1C[C@@H](N)c2ccccc2[C@@H](O)C1. The molecule has 0 saturated carbocycles. The number of aliphatic hydroxyl groups is 1. The number of hydrogen-bond donors (Lipinski definition) is 2. The molecule has 0 heterocycles. The largest absolute Gasteiger partial charge is 0.388 e. The minimum atomic E-state index is -0.338. The van der Waals surface area contributed by atoms with Crippen LogP contribution in [0.25, 0.3) is 0 Å². The van der Waals surface area contributed by atoms with Crippen LogP contribution in [0.5, 0.6) is 0 Å². The van der Waals surface area contributed by atoms with E-state index in [2.05, 4.69) is 6.92 Å². The average Bonchev–Trinajstić information content (AvgIpc) is 2.26. The van der Waals surface area contributed by atoms with Crippen molar-refractivity contribution in [1.82, 2.24) is 0 Å². The minimum absolute atomic E-state index is 0.0818. The molecule has 1 aliphatic rings. The zero-order valence-electron chi connectivity index (χ0n) is 8.48. The first kappa shape index (κ1) is 9.69. The van der Waals surface area contributed by atoms with Gasteiger partial charge in [-0.05, 0) is 29.9 Å². The third-order valence-electron chi connectivity index (χ3n) is 3.04. The third-order valence-corrected chi connectivity index (χ3v) is 3.04. The topological polar surface area (TPSA) is 46.2 Å². The Morgan fingerprint density at radius 3 is 2.57 bits per heavy atom. The van der Waals surface area contributed by atoms with Crippen molar-refractivity contribution in [2.24, 2.45) is 11.7 Å². The molecule has 0 aromatic heterocycles. The van der Waals surface area contributed by atoms with Crippen LogP contribution in [0, 0.1) is 5.92 Å². The van der Waals surface area contributed by atoms with E-state index >= 15 is 0 Å². The second kappa shape index (κ2) is 3.71. The second-order valence-electron chi connectivity index (χ2n) is 4.33. The molecule has 1 aliphatic carbocycles. The van der Waals surface area contributed by atoms with E-state index in [1.165, 1.54) is 0 Å². The molecule has 0 aliphatic heterocycles. The number of nitrogens with two attached hydrogens (primary N) is 1. The van der Waals surface area contributed by atoms with Crippen molar-refractivity contribution in [3.05, 3.63) is 35.4 Å². The van der Waals surface area contributed by atoms with Crippen LogP contribution < -0.4 is 5.73 Å². The van der Waals surface area contributed by atoms with Gasteiger partial charge in [0.25, 0.3) is 0 Å². The van der Waals surface area contributed by atoms with Crippen LogP contribution in [0.15, 0.2) is 24.3 Å². The molecule has 14 heavy (non-hydrogen) atoms. The summed E-state index contributed by atoms with van der Waals surface area (Å²) in [5.41, 5.74) is 8.22. The van der Waals surface area contributed by atoms with Crippen LogP contribution in [0.3, 0.4) is 0 Å². The Hall–Kier alpha value is -0.860. The van der Waals surface area contributed by atoms with Crippen molar-refractivity contribution < 1.29 is 5.11 Å². The third kappa shape index (κ3) is 1.68. The molecule has 3 atom stereocenters. The lowest BCUT2D eigenvalue weighted by Crippen LogP contribution is -2.12. The monoisotopic (exact) mass is 191 g/mol. The maximum Gasteiger partial charge on any atom is 0.0795 e. The predicted molar refractivity (Wildman–Crippen MR) is 56.7 cm³/mol. The molecule has 0 radical (unpaired) electrons. The molecule has 0 amide bonds. The molecule has 2 rings (SSSR count). The zero-order valence-corrected chi connectivity index (χ0v) is 8.48. The Kier molecular flexibility index (Phi) is 2.57. The van der Waals surface area contributed by atoms with Crippen molar-refractivity contribution in [3.8, 4) is 0 Å². The lowest BCUT2D eigenvalue weighted by Gasteiger charge is -2.13. The Morgan fingerprint density at radius 1 is 1.21 bits per heavy atom. The Morgan fingerprint density at radius 2 is 1.86 bits per heavy atom. The summed E-state index contributed by atoms with van der Waals surface area (Å²) in [5.74, 6) is 0.493. The first-order chi connectivity index (χ1) is 6.68. The summed E-state index contributed by atoms with van der Waals surface area (Å²) in [6, 6.07) is 8.05. The molecule has 0 saturated heterocycles. The minimum Gasteiger partial charge on any atom is -0.388 e. The van der Waals surface area contributed by atoms with Gasteiger partial charge in [-0.3, -0.25) is 0 Å². The van der Waals surface area contributed by atoms with Gasteiger partial charge in [0.1, 0.15) is 0 Å². The van der Waals surface area contributed by atoms with Crippen molar-refractivity contribution in [2.75, 3.05) is 0 Å². The molecule has 1 aromatic carbocycles. The molecular weight excluding hydrogens is 174 g/mol. The Balaban J connectivity index is 2.42. The van der Waals surface area contributed by atoms with Gasteiger partial charge in [0.15, 0.2) is 0 Å². The van der Waals surface area contributed by atoms with Crippen molar-refractivity contribution in [2.45, 2.75) is 31.9 Å². The van der Waals surface area contributed by atoms with E-state index in [-0.39, 0.29) is 12.1 Å². The van der Waals surface area contributed by atoms with Crippen molar-refractivity contribution in [3.63, 3.8) is 0 Å². The van der Waals surface area contributed by atoms with Gasteiger partial charge in [0, 0.05) is 6.04 Å². The fourth-order valence-corrected chi connectivity index (χ4v) is 2.32. The fraction of sp³-hybridized carbons (Fsp3) is 0.500. The van der Waals surface area contributed by atoms with Gasteiger partial charge >= 0.3 is 0 Å². The maximum atomic E-state index is 9.97. The quantitative estimate of drug-likeness (QED) is 0.617. The van der Waals surface area contributed by atoms with Gasteiger partial charge < -0.3 is 10.8 Å². The first-order valence-corrected chi connectivity index (χ1v) is 5.21. The smallest absolute Gasteiger partial charge is 0.0795 e. The zero-order chi connectivity index (χ0) is 10.1. The molecule has 0 fully saturated rings. The molecule has 76 valence electrons. The summed E-state index contributed by atoms with van der Waals surface area (Å²) in [6.45, 7) is 2.15. The number of aliphatic hydroxyl groups excluding tert-OH is 1. The number of fused-ring (bicyclic) bond motifs is 1. The van der Waals surface area contributed by atoms with E-state index in [1.54, 1.807) is 0 Å². The van der Waals surface area contributed by atoms with Crippen molar-refractivity contribution >= 4 is 0 Å². The van der Waals surface area contributed by atoms with Gasteiger partial charge in [-0.25, -0.2) is 0 Å². The van der Waals surface area contributed by atoms with Gasteiger partial charge in [-0.15, -0.1) is 0 Å². The molecule has 3 N–H and O–H groups in total. The molecular formula is C12H17NO. The van der Waals surface area contributed by atoms with Crippen LogP contribution in [0.2, 0.25) is 0 Å². The van der Waals surface area contributed by atoms with E-state index < -0.39 is 0 Å². The molecule has 0 bridgehead atoms. The van der Waals surface area contributed by atoms with E-state index in [4.69, 9.17) is 5.73 Å². The van der Waals surface area contributed by atoms with Crippen LogP contribution in [0.4, 0.5) is 0 Å². The summed E-state index contributed by atoms with van der Waals surface area (Å²) in [7, 11) is 0. The number of hydrogen-bond acceptors (Lipinski definition) is 2. The van der Waals surface area contributed by atoms with E-state index in [1.807, 2.05) is 24.3 Å². The summed E-state index contributed by atoms with van der Waals surface area (Å²) in [6.07, 6.45) is 1.45. The van der Waals surface area contributed by atoms with Crippen LogP contribution in [-0.4, -0.2) is 5.11 Å². The first-order valence-electron chi connectivity index (χ1n) is 5.21. The highest BCUT2D eigenvalue weighted by molar-refractivity contribution is 5.32. The number of rotatable bonds is 0. The average molecular weight is 191 g/mol. The lowest BCUT2D eigenvalue weighted by molar-refractivity contribution is 0.149. The van der Waals surface area contributed by atoms with E-state index in [9.17, 15) is 5.11 Å². The molecule has 1 unspecified atom stereocenters. The van der Waals surface area contributed by atoms with Gasteiger partial charge in [0.05, 0.1) is 6.10 Å². The van der Waals surface area contributed by atoms with Crippen molar-refractivity contribution in [1.29, 1.82) is 0 Å². The molecule has 2 heteroatoms. The summed E-state index contributed by atoms with van der Waals surface area (Å²) >= 11 is 0. The highest BCUT2D eigenvalue weighted by atomic mass is 16.3. The highest BCUT2D eigenvalue weighted by Gasteiger charge is 2.24. The molecule has 1 aromatic rings. The molecule has 0 spiro atoms. The molecule has 2 nitrogen and oxygen atoms in total. The summed E-state index contributed by atoms with van der Waals surface area (Å²) in [4.78, 5) is 0. The normalized spacial score (nSPS) is 32.1. The van der Waals surface area contributed by atoms with Crippen LogP contribution in [-0.2, 0) is 0 Å². The Labute approximate surface area is 84.7 Å². The highest BCUT2D eigenvalue weighted by Crippen LogP contribution is 2.35. The standard InChI is InChI=1S/C12H17NO/c1-8-6-11(13)9-4-2-3-5-10(9)12(14)7-8/h2-5,8,11-12,14H,6-7,13H2,1H3/t8?,11-,12+/m1/s1. The van der Waals surface area contributed by atoms with Gasteiger partial charge in [0.2, 0.25) is 0 Å². The van der Waals surface area contributed by atoms with E-state index in [0.717, 1.165) is 24.0 Å². The van der Waals surface area contributed by atoms with E-state index in [0.29, 0.717) is 5.92 Å². The van der Waals surface area contributed by atoms with Crippen LogP contribution in [0.1, 0.15) is 43.0 Å². The summed E-state index contributed by atoms with van der Waals surface area (Å²) in [5, 5.41) is 9.97. The number of benzene rings is 1. The fourth-order valence-electron chi connectivity index (χ4n) is 2.32. The Bertz CT molecular complexity index is 293. The second-order valence-corrected chi connectivity index (χ2v) is 4.33. The van der Waals surface area contributed by atoms with Crippen LogP contribution >= 0.6 is 0 Å². The predicted octanol–water partition coefficient (Wildman–Crippen LogP) is 2.15. The lowest BCUT2D eigenvalue weighted by atomic mass is 9.98. The summed E-state index contributed by atoms with van der Waals surface area (Å²) < 4.78 is 0. The maximum absolute atomic E-state index is 9.97. The van der Waals surface area contributed by atoms with Gasteiger partial charge in [-0.2, -0.15) is 0 Å². The van der Waals surface area contributed by atoms with Gasteiger partial charge in [-0.1, -0.05) is 31.2 Å².